The van der Waals surface area contributed by atoms with Gasteiger partial charge in [-0.3, -0.25) is 9.98 Å². The van der Waals surface area contributed by atoms with E-state index in [1.165, 1.54) is 0 Å². The lowest BCUT2D eigenvalue weighted by Gasteiger charge is -2.07. The number of aromatic hydroxyl groups is 1. The van der Waals surface area contributed by atoms with Crippen molar-refractivity contribution >= 4 is 36.5 Å². The Balaban J connectivity index is 0.00000256. The number of nitrogens with two attached hydrogens (primary N) is 2. The molecule has 0 fully saturated rings. The van der Waals surface area contributed by atoms with Crippen LogP contribution in [0.25, 0.3) is 16.9 Å². The van der Waals surface area contributed by atoms with Crippen molar-refractivity contribution in [2.24, 2.45) is 21.5 Å². The summed E-state index contributed by atoms with van der Waals surface area (Å²) in [7, 11) is 0. The average Bonchev–Trinajstić information content (AvgIpc) is 3.16. The number of benzene rings is 2. The van der Waals surface area contributed by atoms with E-state index in [9.17, 15) is 5.11 Å². The van der Waals surface area contributed by atoms with E-state index in [-0.39, 0.29) is 42.6 Å². The van der Waals surface area contributed by atoms with Crippen molar-refractivity contribution in [1.82, 2.24) is 15.0 Å². The summed E-state index contributed by atoms with van der Waals surface area (Å²) in [6.07, 6.45) is 1.75. The van der Waals surface area contributed by atoms with Gasteiger partial charge >= 0.3 is 0 Å². The van der Waals surface area contributed by atoms with Crippen LogP contribution in [0.3, 0.4) is 0 Å². The van der Waals surface area contributed by atoms with Gasteiger partial charge in [0.15, 0.2) is 0 Å². The van der Waals surface area contributed by atoms with E-state index < -0.39 is 0 Å². The first-order chi connectivity index (χ1) is 14.2. The molecule has 0 spiro atoms. The van der Waals surface area contributed by atoms with Gasteiger partial charge < -0.3 is 16.6 Å². The highest BCUT2D eigenvalue weighted by Crippen LogP contribution is 2.28. The minimum atomic E-state index is 0. The van der Waals surface area contributed by atoms with E-state index in [2.05, 4.69) is 20.3 Å². The van der Waals surface area contributed by atoms with Crippen LogP contribution in [0.15, 0.2) is 58.6 Å². The highest BCUT2D eigenvalue weighted by molar-refractivity contribution is 5.98. The average molecular weight is 478 g/mol. The SMILES string of the molecule is CC(C)N=C(N)c1ccc(-n2cc(-c3ccc(C(N)=NC(C)C)cc3O)nn2)cc1.Cl.Cl. The van der Waals surface area contributed by atoms with Gasteiger partial charge in [-0.05, 0) is 64.1 Å². The smallest absolute Gasteiger partial charge is 0.126 e. The van der Waals surface area contributed by atoms with Crippen molar-refractivity contribution < 1.29 is 5.11 Å². The molecule has 3 rings (SSSR count). The second-order valence-electron chi connectivity index (χ2n) is 7.54. The Labute approximate surface area is 200 Å². The fraction of sp³-hybridized carbons (Fsp3) is 0.273. The predicted molar refractivity (Wildman–Crippen MR) is 135 cm³/mol. The zero-order valence-electron chi connectivity index (χ0n) is 18.4. The number of hydrogen-bond acceptors (Lipinski definition) is 5. The van der Waals surface area contributed by atoms with E-state index in [4.69, 9.17) is 11.5 Å². The zero-order chi connectivity index (χ0) is 21.8. The fourth-order valence-electron chi connectivity index (χ4n) is 2.91. The van der Waals surface area contributed by atoms with Crippen LogP contribution < -0.4 is 11.5 Å². The Hall–Kier alpha value is -3.10. The number of aromatic nitrogens is 3. The number of halogens is 2. The third-order valence-corrected chi connectivity index (χ3v) is 4.29. The molecule has 1 aromatic heterocycles. The Kier molecular flexibility index (Phi) is 9.68. The second kappa shape index (κ2) is 11.5. The van der Waals surface area contributed by atoms with Crippen LogP contribution in [-0.2, 0) is 0 Å². The van der Waals surface area contributed by atoms with Gasteiger partial charge in [-0.25, -0.2) is 4.68 Å². The van der Waals surface area contributed by atoms with Crippen molar-refractivity contribution in [3.05, 3.63) is 59.8 Å². The van der Waals surface area contributed by atoms with E-state index in [0.29, 0.717) is 28.5 Å². The number of rotatable bonds is 6. The molecule has 0 aliphatic heterocycles. The Morgan fingerprint density at radius 3 is 1.94 bits per heavy atom. The predicted octanol–water partition coefficient (Wildman–Crippen LogP) is 3.71. The van der Waals surface area contributed by atoms with Crippen molar-refractivity contribution in [1.29, 1.82) is 0 Å². The number of nitrogens with zero attached hydrogens (tertiary/aromatic N) is 5. The molecule has 32 heavy (non-hydrogen) atoms. The molecule has 1 heterocycles. The Morgan fingerprint density at radius 2 is 1.41 bits per heavy atom. The summed E-state index contributed by atoms with van der Waals surface area (Å²) in [6.45, 7) is 7.84. The lowest BCUT2D eigenvalue weighted by molar-refractivity contribution is 0.477. The fourth-order valence-corrected chi connectivity index (χ4v) is 2.91. The minimum absolute atomic E-state index is 0. The summed E-state index contributed by atoms with van der Waals surface area (Å²) in [4.78, 5) is 8.66. The quantitative estimate of drug-likeness (QED) is 0.368. The molecule has 0 saturated heterocycles. The molecule has 0 saturated carbocycles. The normalized spacial score (nSPS) is 11.9. The van der Waals surface area contributed by atoms with Gasteiger partial charge in [0.2, 0.25) is 0 Å². The maximum atomic E-state index is 10.5. The Bertz CT molecular complexity index is 1090. The number of phenolic OH excluding ortho intramolecular Hbond substituents is 1. The second-order valence-corrected chi connectivity index (χ2v) is 7.54. The molecule has 5 N–H and O–H groups in total. The number of amidine groups is 2. The van der Waals surface area contributed by atoms with Crippen LogP contribution in [0, 0.1) is 0 Å². The number of hydrogen-bond donors (Lipinski definition) is 3. The van der Waals surface area contributed by atoms with Crippen LogP contribution in [0.5, 0.6) is 5.75 Å². The molecule has 8 nitrogen and oxygen atoms in total. The molecule has 0 aliphatic carbocycles. The van der Waals surface area contributed by atoms with Gasteiger partial charge in [-0.15, -0.1) is 29.9 Å². The van der Waals surface area contributed by atoms with Crippen LogP contribution in [0.1, 0.15) is 38.8 Å². The van der Waals surface area contributed by atoms with Gasteiger partial charge in [0.1, 0.15) is 23.1 Å². The van der Waals surface area contributed by atoms with Crippen LogP contribution in [-0.4, -0.2) is 43.9 Å². The zero-order valence-corrected chi connectivity index (χ0v) is 20.1. The van der Waals surface area contributed by atoms with Crippen molar-refractivity contribution in [3.63, 3.8) is 0 Å². The molecule has 2 aromatic carbocycles. The van der Waals surface area contributed by atoms with Gasteiger partial charge in [0.25, 0.3) is 0 Å². The number of aliphatic imine (C=N–C) groups is 2. The van der Waals surface area contributed by atoms with Crippen molar-refractivity contribution in [2.45, 2.75) is 39.8 Å². The number of phenols is 1. The third-order valence-electron chi connectivity index (χ3n) is 4.29. The monoisotopic (exact) mass is 477 g/mol. The lowest BCUT2D eigenvalue weighted by atomic mass is 10.1. The molecule has 0 unspecified atom stereocenters. The van der Waals surface area contributed by atoms with Gasteiger partial charge in [0.05, 0.1) is 11.9 Å². The van der Waals surface area contributed by atoms with Gasteiger partial charge in [-0.1, -0.05) is 11.3 Å². The summed E-state index contributed by atoms with van der Waals surface area (Å²) in [5, 5.41) is 18.8. The highest BCUT2D eigenvalue weighted by atomic mass is 35.5. The van der Waals surface area contributed by atoms with Crippen LogP contribution in [0.2, 0.25) is 0 Å². The third kappa shape index (κ3) is 6.45. The summed E-state index contributed by atoms with van der Waals surface area (Å²) in [5.41, 5.74) is 15.4. The van der Waals surface area contributed by atoms with E-state index in [0.717, 1.165) is 11.3 Å². The first-order valence-electron chi connectivity index (χ1n) is 9.78. The molecule has 172 valence electrons. The largest absolute Gasteiger partial charge is 0.507 e. The molecule has 3 aromatic rings. The molecular weight excluding hydrogens is 449 g/mol. The Morgan fingerprint density at radius 1 is 0.875 bits per heavy atom. The van der Waals surface area contributed by atoms with Crippen molar-refractivity contribution in [2.75, 3.05) is 0 Å². The summed E-state index contributed by atoms with van der Waals surface area (Å²) < 4.78 is 1.64. The van der Waals surface area contributed by atoms with Gasteiger partial charge in [-0.2, -0.15) is 0 Å². The summed E-state index contributed by atoms with van der Waals surface area (Å²) in [6, 6.07) is 12.9. The molecule has 0 amide bonds. The van der Waals surface area contributed by atoms with E-state index in [1.807, 2.05) is 52.0 Å². The standard InChI is InChI=1S/C22H27N7O.2ClH/c1-13(2)25-21(23)15-5-8-17(9-6-15)29-12-19(27-28-29)18-10-7-16(11-20(18)30)22(24)26-14(3)4;;/h5-14,30H,1-4H3,(H2,23,25)(H2,24,26);2*1H. The first-order valence-corrected chi connectivity index (χ1v) is 9.78. The maximum absolute atomic E-state index is 10.5. The van der Waals surface area contributed by atoms with Gasteiger partial charge in [0, 0.05) is 28.8 Å². The van der Waals surface area contributed by atoms with E-state index in [1.54, 1.807) is 29.1 Å². The first kappa shape index (κ1) is 26.9. The molecule has 0 radical (unpaired) electrons. The molecule has 0 bridgehead atoms. The minimum Gasteiger partial charge on any atom is -0.507 e. The molecular formula is C22H29Cl2N7O. The van der Waals surface area contributed by atoms with Crippen LogP contribution in [0.4, 0.5) is 0 Å². The highest BCUT2D eigenvalue weighted by Gasteiger charge is 2.12. The molecule has 0 atom stereocenters. The van der Waals surface area contributed by atoms with E-state index >= 15 is 0 Å². The topological polar surface area (TPSA) is 128 Å². The maximum Gasteiger partial charge on any atom is 0.126 e. The summed E-state index contributed by atoms with van der Waals surface area (Å²) >= 11 is 0. The lowest BCUT2D eigenvalue weighted by Crippen LogP contribution is -2.15. The molecule has 0 aliphatic rings. The molecule has 10 heteroatoms. The summed E-state index contributed by atoms with van der Waals surface area (Å²) in [5.74, 6) is 0.950. The van der Waals surface area contributed by atoms with Crippen molar-refractivity contribution in [3.8, 4) is 22.7 Å². The van der Waals surface area contributed by atoms with Crippen LogP contribution >= 0.6 is 24.8 Å².